The van der Waals surface area contributed by atoms with Crippen molar-refractivity contribution in [1.82, 2.24) is 0 Å². The first-order valence-corrected chi connectivity index (χ1v) is 5.70. The van der Waals surface area contributed by atoms with E-state index in [9.17, 15) is 9.59 Å². The summed E-state index contributed by atoms with van der Waals surface area (Å²) in [6, 6.07) is 5.02. The van der Waals surface area contributed by atoms with Crippen LogP contribution in [0.15, 0.2) is 36.9 Å². The van der Waals surface area contributed by atoms with Gasteiger partial charge in [-0.05, 0) is 30.7 Å². The molecule has 1 aromatic rings. The summed E-state index contributed by atoms with van der Waals surface area (Å²) in [6.45, 7) is 5.78. The van der Waals surface area contributed by atoms with E-state index in [4.69, 9.17) is 10.2 Å². The Morgan fingerprint density at radius 1 is 1.11 bits per heavy atom. The minimum atomic E-state index is -1.06. The summed E-state index contributed by atoms with van der Waals surface area (Å²) in [5, 5.41) is 16.9. The van der Waals surface area contributed by atoms with Crippen LogP contribution in [0.25, 0.3) is 0 Å². The molecule has 2 N–H and O–H groups in total. The van der Waals surface area contributed by atoms with Crippen molar-refractivity contribution in [3.63, 3.8) is 0 Å². The van der Waals surface area contributed by atoms with Crippen LogP contribution in [0.4, 0.5) is 0 Å². The van der Waals surface area contributed by atoms with Crippen LogP contribution in [-0.2, 0) is 0 Å². The summed E-state index contributed by atoms with van der Waals surface area (Å²) in [5.41, 5.74) is 0.167. The molecule has 0 unspecified atom stereocenters. The molecule has 4 heteroatoms. The lowest BCUT2D eigenvalue weighted by atomic mass is 10.1. The van der Waals surface area contributed by atoms with Crippen molar-refractivity contribution in [1.29, 1.82) is 0 Å². The van der Waals surface area contributed by atoms with Crippen molar-refractivity contribution in [3.8, 4) is 0 Å². The predicted octanol–water partition coefficient (Wildman–Crippen LogP) is 3.45. The molecule has 4 nitrogen and oxygen atoms in total. The van der Waals surface area contributed by atoms with Gasteiger partial charge in [-0.3, -0.25) is 0 Å². The van der Waals surface area contributed by atoms with Gasteiger partial charge in [-0.1, -0.05) is 25.8 Å². The van der Waals surface area contributed by atoms with Gasteiger partial charge in [0.05, 0.1) is 11.1 Å². The molecule has 0 saturated heterocycles. The first kappa shape index (κ1) is 15.9. The van der Waals surface area contributed by atoms with Crippen LogP contribution >= 0.6 is 0 Å². The quantitative estimate of drug-likeness (QED) is 0.620. The van der Waals surface area contributed by atoms with Crippen molar-refractivity contribution in [2.45, 2.75) is 26.2 Å². The van der Waals surface area contributed by atoms with Gasteiger partial charge in [0, 0.05) is 0 Å². The fraction of sp³-hybridized carbons (Fsp3) is 0.286. The molecule has 98 valence electrons. The van der Waals surface area contributed by atoms with Crippen LogP contribution < -0.4 is 0 Å². The van der Waals surface area contributed by atoms with Crippen molar-refractivity contribution in [2.75, 3.05) is 0 Å². The third kappa shape index (κ3) is 6.48. The molecule has 0 aromatic heterocycles. The van der Waals surface area contributed by atoms with Gasteiger partial charge in [0.15, 0.2) is 0 Å². The fourth-order valence-corrected chi connectivity index (χ4v) is 1.10. The van der Waals surface area contributed by atoms with Crippen LogP contribution in [0.2, 0.25) is 0 Å². The molecular weight excluding hydrogens is 232 g/mol. The van der Waals surface area contributed by atoms with E-state index in [0.29, 0.717) is 0 Å². The number of carbonyl (C=O) groups is 2. The van der Waals surface area contributed by atoms with E-state index < -0.39 is 11.9 Å². The van der Waals surface area contributed by atoms with E-state index in [1.54, 1.807) is 0 Å². The number of benzene rings is 1. The Morgan fingerprint density at radius 2 is 1.50 bits per heavy atom. The highest BCUT2D eigenvalue weighted by Gasteiger charge is 2.04. The summed E-state index contributed by atoms with van der Waals surface area (Å²) >= 11 is 0. The zero-order valence-electron chi connectivity index (χ0n) is 10.4. The molecule has 0 spiro atoms. The molecule has 0 aliphatic carbocycles. The molecule has 18 heavy (non-hydrogen) atoms. The van der Waals surface area contributed by atoms with Gasteiger partial charge in [-0.15, -0.1) is 6.58 Å². The first-order valence-electron chi connectivity index (χ1n) is 5.70. The molecule has 0 saturated carbocycles. The fourth-order valence-electron chi connectivity index (χ4n) is 1.10. The molecule has 0 heterocycles. The standard InChI is InChI=1S/C8H6O4.C6H12/c9-7(10)5-1-2-6(4-3-5)8(11)12;1-3-5-6-4-2/h1-4H,(H,9,10)(H,11,12);3H,1,4-6H2,2H3. The van der Waals surface area contributed by atoms with Crippen molar-refractivity contribution >= 4 is 11.9 Å². The highest BCUT2D eigenvalue weighted by Crippen LogP contribution is 2.03. The van der Waals surface area contributed by atoms with E-state index in [1.165, 1.54) is 43.5 Å². The van der Waals surface area contributed by atoms with Gasteiger partial charge < -0.3 is 10.2 Å². The maximum absolute atomic E-state index is 10.3. The van der Waals surface area contributed by atoms with Gasteiger partial charge in [0.2, 0.25) is 0 Å². The maximum atomic E-state index is 10.3. The van der Waals surface area contributed by atoms with Gasteiger partial charge in [-0.2, -0.15) is 0 Å². The Balaban J connectivity index is 0.000000411. The van der Waals surface area contributed by atoms with E-state index in [2.05, 4.69) is 13.5 Å². The Labute approximate surface area is 107 Å². The van der Waals surface area contributed by atoms with Gasteiger partial charge in [0.1, 0.15) is 0 Å². The summed E-state index contributed by atoms with van der Waals surface area (Å²) in [7, 11) is 0. The number of unbranched alkanes of at least 4 members (excludes halogenated alkanes) is 2. The van der Waals surface area contributed by atoms with Crippen LogP contribution in [-0.4, -0.2) is 22.2 Å². The highest BCUT2D eigenvalue weighted by molar-refractivity contribution is 5.91. The van der Waals surface area contributed by atoms with Gasteiger partial charge >= 0.3 is 11.9 Å². The Kier molecular flexibility index (Phi) is 7.94. The Morgan fingerprint density at radius 3 is 1.67 bits per heavy atom. The van der Waals surface area contributed by atoms with Crippen molar-refractivity contribution in [2.24, 2.45) is 0 Å². The second-order valence-corrected chi connectivity index (χ2v) is 3.62. The molecule has 1 rings (SSSR count). The normalized spacial score (nSPS) is 8.94. The number of carboxylic acids is 2. The summed E-state index contributed by atoms with van der Waals surface area (Å²) in [4.78, 5) is 20.7. The second kappa shape index (κ2) is 8.98. The molecule has 0 radical (unpaired) electrons. The highest BCUT2D eigenvalue weighted by atomic mass is 16.4. The number of carboxylic acid groups (broad SMARTS) is 2. The SMILES string of the molecule is C=CCCCC.O=C(O)c1ccc(C(=O)O)cc1. The number of hydrogen-bond donors (Lipinski definition) is 2. The average molecular weight is 250 g/mol. The van der Waals surface area contributed by atoms with Gasteiger partial charge in [-0.25, -0.2) is 9.59 Å². The number of hydrogen-bond acceptors (Lipinski definition) is 2. The molecule has 0 amide bonds. The van der Waals surface area contributed by atoms with E-state index >= 15 is 0 Å². The number of allylic oxidation sites excluding steroid dienone is 1. The number of aromatic carboxylic acids is 2. The largest absolute Gasteiger partial charge is 0.478 e. The second-order valence-electron chi connectivity index (χ2n) is 3.62. The predicted molar refractivity (Wildman–Crippen MR) is 70.1 cm³/mol. The molecule has 0 fully saturated rings. The third-order valence-electron chi connectivity index (χ3n) is 2.14. The zero-order chi connectivity index (χ0) is 14.0. The topological polar surface area (TPSA) is 74.6 Å². The smallest absolute Gasteiger partial charge is 0.335 e. The van der Waals surface area contributed by atoms with Crippen molar-refractivity contribution < 1.29 is 19.8 Å². The average Bonchev–Trinajstić information content (AvgIpc) is 2.37. The molecule has 0 aliphatic heterocycles. The van der Waals surface area contributed by atoms with Crippen molar-refractivity contribution in [3.05, 3.63) is 48.0 Å². The zero-order valence-corrected chi connectivity index (χ0v) is 10.4. The lowest BCUT2D eigenvalue weighted by Gasteiger charge is -1.94. The molecular formula is C14H18O4. The molecule has 0 atom stereocenters. The van der Waals surface area contributed by atoms with Gasteiger partial charge in [0.25, 0.3) is 0 Å². The maximum Gasteiger partial charge on any atom is 0.335 e. The summed E-state index contributed by atoms with van der Waals surface area (Å²) < 4.78 is 0. The minimum absolute atomic E-state index is 0.0833. The number of rotatable bonds is 5. The van der Waals surface area contributed by atoms with Crippen LogP contribution in [0.1, 0.15) is 46.9 Å². The van der Waals surface area contributed by atoms with E-state index in [0.717, 1.165) is 0 Å². The lowest BCUT2D eigenvalue weighted by Crippen LogP contribution is -1.99. The van der Waals surface area contributed by atoms with Crippen LogP contribution in [0.5, 0.6) is 0 Å². The minimum Gasteiger partial charge on any atom is -0.478 e. The molecule has 1 aromatic carbocycles. The Bertz CT molecular complexity index is 360. The Hall–Kier alpha value is -2.10. The van der Waals surface area contributed by atoms with E-state index in [-0.39, 0.29) is 11.1 Å². The summed E-state index contributed by atoms with van der Waals surface area (Å²) in [6.07, 6.45) is 5.72. The van der Waals surface area contributed by atoms with Crippen LogP contribution in [0, 0.1) is 0 Å². The monoisotopic (exact) mass is 250 g/mol. The lowest BCUT2D eigenvalue weighted by molar-refractivity contribution is 0.0681. The summed E-state index contributed by atoms with van der Waals surface area (Å²) in [5.74, 6) is -2.13. The molecule has 0 bridgehead atoms. The third-order valence-corrected chi connectivity index (χ3v) is 2.14. The molecule has 0 aliphatic rings. The first-order chi connectivity index (χ1) is 8.52. The van der Waals surface area contributed by atoms with E-state index in [1.807, 2.05) is 6.08 Å². The van der Waals surface area contributed by atoms with Crippen LogP contribution in [0.3, 0.4) is 0 Å².